The van der Waals surface area contributed by atoms with Crippen molar-refractivity contribution < 1.29 is 9.90 Å². The Kier molecular flexibility index (Phi) is 5.35. The van der Waals surface area contributed by atoms with Gasteiger partial charge in [0.15, 0.2) is 0 Å². The van der Waals surface area contributed by atoms with Crippen LogP contribution in [0.1, 0.15) is 23.7 Å². The van der Waals surface area contributed by atoms with Crippen molar-refractivity contribution >= 4 is 17.3 Å². The Balaban J connectivity index is 2.15. The summed E-state index contributed by atoms with van der Waals surface area (Å²) < 4.78 is 0. The molecular formula is C17H20N2O2. The molecule has 0 aromatic heterocycles. The molecule has 21 heavy (non-hydrogen) atoms. The number of hydrogen-bond donors (Lipinski definition) is 3. The lowest BCUT2D eigenvalue weighted by molar-refractivity contribution is 0.0935. The Morgan fingerprint density at radius 1 is 1.10 bits per heavy atom. The van der Waals surface area contributed by atoms with Crippen molar-refractivity contribution in [3.63, 3.8) is 0 Å². The van der Waals surface area contributed by atoms with E-state index in [1.54, 1.807) is 6.07 Å². The van der Waals surface area contributed by atoms with Crippen LogP contribution in [0.15, 0.2) is 54.6 Å². The van der Waals surface area contributed by atoms with Crippen LogP contribution in [-0.4, -0.2) is 23.7 Å². The lowest BCUT2D eigenvalue weighted by Crippen LogP contribution is -2.33. The molecule has 0 saturated carbocycles. The van der Waals surface area contributed by atoms with Gasteiger partial charge in [-0.05, 0) is 37.6 Å². The van der Waals surface area contributed by atoms with Crippen LogP contribution in [0.25, 0.3) is 0 Å². The first kappa shape index (κ1) is 15.1. The van der Waals surface area contributed by atoms with Crippen LogP contribution in [-0.2, 0) is 0 Å². The van der Waals surface area contributed by atoms with E-state index in [1.807, 2.05) is 55.5 Å². The molecule has 0 aliphatic heterocycles. The number of hydrogen-bond acceptors (Lipinski definition) is 3. The van der Waals surface area contributed by atoms with Crippen LogP contribution in [0.3, 0.4) is 0 Å². The maximum Gasteiger partial charge on any atom is 0.253 e. The molecule has 0 bridgehead atoms. The number of nitrogens with one attached hydrogen (secondary N) is 2. The van der Waals surface area contributed by atoms with Gasteiger partial charge in [0, 0.05) is 18.3 Å². The zero-order chi connectivity index (χ0) is 15.1. The molecule has 4 nitrogen and oxygen atoms in total. The van der Waals surface area contributed by atoms with E-state index in [9.17, 15) is 4.79 Å². The lowest BCUT2D eigenvalue weighted by Gasteiger charge is -2.15. The zero-order valence-electron chi connectivity index (χ0n) is 12.0. The molecule has 0 fully saturated rings. The van der Waals surface area contributed by atoms with E-state index in [0.717, 1.165) is 11.4 Å². The maximum atomic E-state index is 12.3. The van der Waals surface area contributed by atoms with Gasteiger partial charge < -0.3 is 15.7 Å². The predicted molar refractivity (Wildman–Crippen MR) is 84.8 cm³/mol. The summed E-state index contributed by atoms with van der Waals surface area (Å²) >= 11 is 0. The summed E-state index contributed by atoms with van der Waals surface area (Å²) in [4.78, 5) is 12.3. The molecule has 0 aliphatic carbocycles. The minimum atomic E-state index is -0.144. The maximum absolute atomic E-state index is 12.3. The second-order valence-corrected chi connectivity index (χ2v) is 4.92. The number of carbonyl (C=O) groups excluding carboxylic acids is 1. The average Bonchev–Trinajstić information content (AvgIpc) is 2.49. The average molecular weight is 284 g/mol. The normalized spacial score (nSPS) is 11.7. The van der Waals surface area contributed by atoms with E-state index in [2.05, 4.69) is 10.6 Å². The van der Waals surface area contributed by atoms with Gasteiger partial charge in [0.25, 0.3) is 5.91 Å². The number of rotatable bonds is 6. The smallest absolute Gasteiger partial charge is 0.253 e. The zero-order valence-corrected chi connectivity index (χ0v) is 12.0. The van der Waals surface area contributed by atoms with Crippen LogP contribution in [0.4, 0.5) is 11.4 Å². The summed E-state index contributed by atoms with van der Waals surface area (Å²) in [6.45, 7) is 1.94. The number of carbonyl (C=O) groups is 1. The fourth-order valence-corrected chi connectivity index (χ4v) is 2.03. The molecule has 2 aromatic carbocycles. The van der Waals surface area contributed by atoms with Crippen LogP contribution in [0.2, 0.25) is 0 Å². The molecule has 0 radical (unpaired) electrons. The van der Waals surface area contributed by atoms with Crippen molar-refractivity contribution in [2.45, 2.75) is 19.4 Å². The molecule has 4 heteroatoms. The standard InChI is InChI=1S/C17H20N2O2/c1-13(11-12-20)18-17(21)15-9-5-6-10-16(15)19-14-7-3-2-4-8-14/h2-10,13,19-20H,11-12H2,1H3,(H,18,21). The summed E-state index contributed by atoms with van der Waals surface area (Å²) in [7, 11) is 0. The number of benzene rings is 2. The monoisotopic (exact) mass is 284 g/mol. The van der Waals surface area contributed by atoms with Crippen molar-refractivity contribution in [3.8, 4) is 0 Å². The lowest BCUT2D eigenvalue weighted by atomic mass is 10.1. The van der Waals surface area contributed by atoms with E-state index in [-0.39, 0.29) is 18.6 Å². The van der Waals surface area contributed by atoms with E-state index < -0.39 is 0 Å². The van der Waals surface area contributed by atoms with Gasteiger partial charge in [-0.3, -0.25) is 4.79 Å². The van der Waals surface area contributed by atoms with Crippen molar-refractivity contribution in [1.82, 2.24) is 5.32 Å². The van der Waals surface area contributed by atoms with Gasteiger partial charge in [-0.15, -0.1) is 0 Å². The van der Waals surface area contributed by atoms with Crippen LogP contribution in [0.5, 0.6) is 0 Å². The Hall–Kier alpha value is -2.33. The molecule has 0 spiro atoms. The van der Waals surface area contributed by atoms with Crippen LogP contribution < -0.4 is 10.6 Å². The Morgan fingerprint density at radius 3 is 2.48 bits per heavy atom. The number of para-hydroxylation sites is 2. The molecule has 0 saturated heterocycles. The molecule has 0 aliphatic rings. The molecule has 110 valence electrons. The minimum absolute atomic E-state index is 0.0609. The van der Waals surface area contributed by atoms with Gasteiger partial charge >= 0.3 is 0 Å². The largest absolute Gasteiger partial charge is 0.396 e. The van der Waals surface area contributed by atoms with Crippen molar-refractivity contribution in [2.75, 3.05) is 11.9 Å². The Morgan fingerprint density at radius 2 is 1.76 bits per heavy atom. The summed E-state index contributed by atoms with van der Waals surface area (Å²) in [5, 5.41) is 15.0. The first-order chi connectivity index (χ1) is 10.2. The topological polar surface area (TPSA) is 61.4 Å². The third-order valence-electron chi connectivity index (χ3n) is 3.16. The fraction of sp³-hybridized carbons (Fsp3) is 0.235. The Bertz CT molecular complexity index is 584. The molecule has 0 heterocycles. The van der Waals surface area contributed by atoms with E-state index in [4.69, 9.17) is 5.11 Å². The quantitative estimate of drug-likeness (QED) is 0.764. The highest BCUT2D eigenvalue weighted by Crippen LogP contribution is 2.20. The summed E-state index contributed by atoms with van der Waals surface area (Å²) in [6.07, 6.45) is 0.542. The van der Waals surface area contributed by atoms with Crippen molar-refractivity contribution in [1.29, 1.82) is 0 Å². The second kappa shape index (κ2) is 7.45. The second-order valence-electron chi connectivity index (χ2n) is 4.92. The highest BCUT2D eigenvalue weighted by molar-refractivity contribution is 6.00. The molecule has 2 aromatic rings. The number of aliphatic hydroxyl groups is 1. The fourth-order valence-electron chi connectivity index (χ4n) is 2.03. The predicted octanol–water partition coefficient (Wildman–Crippen LogP) is 2.93. The van der Waals surface area contributed by atoms with E-state index >= 15 is 0 Å². The number of anilines is 2. The van der Waals surface area contributed by atoms with Crippen molar-refractivity contribution in [2.24, 2.45) is 0 Å². The van der Waals surface area contributed by atoms with Gasteiger partial charge in [0.2, 0.25) is 0 Å². The molecule has 3 N–H and O–H groups in total. The van der Waals surface area contributed by atoms with Crippen molar-refractivity contribution in [3.05, 3.63) is 60.2 Å². The number of aliphatic hydroxyl groups excluding tert-OH is 1. The highest BCUT2D eigenvalue weighted by atomic mass is 16.3. The first-order valence-electron chi connectivity index (χ1n) is 7.03. The van der Waals surface area contributed by atoms with Gasteiger partial charge in [0.05, 0.1) is 11.3 Å². The first-order valence-corrected chi connectivity index (χ1v) is 7.03. The van der Waals surface area contributed by atoms with Crippen LogP contribution >= 0.6 is 0 Å². The SMILES string of the molecule is CC(CCO)NC(=O)c1ccccc1Nc1ccccc1. The third kappa shape index (κ3) is 4.33. The summed E-state index contributed by atoms with van der Waals surface area (Å²) in [6, 6.07) is 17.0. The van der Waals surface area contributed by atoms with Gasteiger partial charge in [0.1, 0.15) is 0 Å². The Labute approximate surface area is 124 Å². The van der Waals surface area contributed by atoms with Gasteiger partial charge in [-0.25, -0.2) is 0 Å². The van der Waals surface area contributed by atoms with E-state index in [1.165, 1.54) is 0 Å². The summed E-state index contributed by atoms with van der Waals surface area (Å²) in [5.74, 6) is -0.144. The third-order valence-corrected chi connectivity index (χ3v) is 3.16. The van der Waals surface area contributed by atoms with Gasteiger partial charge in [-0.1, -0.05) is 30.3 Å². The molecular weight excluding hydrogens is 264 g/mol. The summed E-state index contributed by atoms with van der Waals surface area (Å²) in [5.41, 5.74) is 2.28. The number of amides is 1. The molecule has 1 amide bonds. The highest BCUT2D eigenvalue weighted by Gasteiger charge is 2.13. The minimum Gasteiger partial charge on any atom is -0.396 e. The van der Waals surface area contributed by atoms with E-state index in [0.29, 0.717) is 12.0 Å². The molecule has 1 atom stereocenters. The molecule has 2 rings (SSSR count). The van der Waals surface area contributed by atoms with Gasteiger partial charge in [-0.2, -0.15) is 0 Å². The van der Waals surface area contributed by atoms with Crippen LogP contribution in [0, 0.1) is 0 Å². The molecule has 1 unspecified atom stereocenters.